The number of imidazole rings is 1. The van der Waals surface area contributed by atoms with Gasteiger partial charge in [-0.2, -0.15) is 10.2 Å². The van der Waals surface area contributed by atoms with Crippen LogP contribution < -0.4 is 10.5 Å². The largest absolute Gasteiger partial charge is 0.491 e. The number of amides is 1. The van der Waals surface area contributed by atoms with Crippen LogP contribution in [0.2, 0.25) is 0 Å². The van der Waals surface area contributed by atoms with E-state index < -0.39 is 5.91 Å². The summed E-state index contributed by atoms with van der Waals surface area (Å²) in [7, 11) is 0. The Morgan fingerprint density at radius 1 is 1.24 bits per heavy atom. The van der Waals surface area contributed by atoms with Crippen LogP contribution in [0.5, 0.6) is 5.75 Å². The standard InChI is InChI=1S/C24H30N8O2/c1-14(2)32-23(26-16(4)29-32)19-11-30-8-9-34-20-10-17(6-7-18(20)22(30)27-19)24(5)13-31(12-21(25)33)28-15(24)3/h6-7,10-11,14H,8-9,12-13H2,1-5H3,(H2,25,33). The fraction of sp³-hybridized carbons (Fsp3) is 0.458. The lowest BCUT2D eigenvalue weighted by atomic mass is 9.79. The molecule has 0 saturated heterocycles. The van der Waals surface area contributed by atoms with Crippen LogP contribution in [0.3, 0.4) is 0 Å². The highest BCUT2D eigenvalue weighted by Crippen LogP contribution is 2.39. The van der Waals surface area contributed by atoms with Gasteiger partial charge in [0.05, 0.1) is 24.1 Å². The van der Waals surface area contributed by atoms with Crippen molar-refractivity contribution in [1.29, 1.82) is 0 Å². The summed E-state index contributed by atoms with van der Waals surface area (Å²) >= 11 is 0. The molecule has 1 amide bonds. The van der Waals surface area contributed by atoms with E-state index in [2.05, 4.69) is 58.7 Å². The highest BCUT2D eigenvalue weighted by atomic mass is 16.5. The molecule has 34 heavy (non-hydrogen) atoms. The molecule has 1 unspecified atom stereocenters. The summed E-state index contributed by atoms with van der Waals surface area (Å²) < 4.78 is 10.2. The molecule has 2 aliphatic heterocycles. The smallest absolute Gasteiger partial charge is 0.238 e. The summed E-state index contributed by atoms with van der Waals surface area (Å²) in [5.74, 6) is 2.75. The van der Waals surface area contributed by atoms with E-state index in [9.17, 15) is 4.79 Å². The molecule has 0 bridgehead atoms. The van der Waals surface area contributed by atoms with Crippen molar-refractivity contribution in [3.63, 3.8) is 0 Å². The van der Waals surface area contributed by atoms with Crippen LogP contribution in [0.4, 0.5) is 0 Å². The Kier molecular flexibility index (Phi) is 5.18. The van der Waals surface area contributed by atoms with Crippen molar-refractivity contribution in [3.05, 3.63) is 35.8 Å². The molecule has 2 aliphatic rings. The lowest BCUT2D eigenvalue weighted by Gasteiger charge is -2.26. The Bertz CT molecular complexity index is 1300. The quantitative estimate of drug-likeness (QED) is 0.623. The average molecular weight is 463 g/mol. The van der Waals surface area contributed by atoms with Crippen LogP contribution >= 0.6 is 0 Å². The predicted octanol–water partition coefficient (Wildman–Crippen LogP) is 2.52. The highest BCUT2D eigenvalue weighted by Gasteiger charge is 2.38. The van der Waals surface area contributed by atoms with Crippen LogP contribution in [0, 0.1) is 6.92 Å². The van der Waals surface area contributed by atoms with Crippen LogP contribution in [0.15, 0.2) is 29.5 Å². The summed E-state index contributed by atoms with van der Waals surface area (Å²) in [5, 5.41) is 10.8. The number of aryl methyl sites for hydroxylation is 1. The first-order valence-electron chi connectivity index (χ1n) is 11.5. The summed E-state index contributed by atoms with van der Waals surface area (Å²) in [4.78, 5) is 21.0. The van der Waals surface area contributed by atoms with E-state index in [1.165, 1.54) is 0 Å². The maximum absolute atomic E-state index is 11.4. The molecule has 1 aromatic carbocycles. The second-order valence-corrected chi connectivity index (χ2v) is 9.53. The molecule has 2 N–H and O–H groups in total. The lowest BCUT2D eigenvalue weighted by Crippen LogP contribution is -2.37. The van der Waals surface area contributed by atoms with Crippen LogP contribution in [-0.4, -0.2) is 60.6 Å². The van der Waals surface area contributed by atoms with Crippen LogP contribution in [-0.2, 0) is 16.8 Å². The third-order valence-corrected chi connectivity index (χ3v) is 6.61. The van der Waals surface area contributed by atoms with E-state index in [0.717, 1.165) is 45.8 Å². The summed E-state index contributed by atoms with van der Waals surface area (Å²) in [6, 6.07) is 6.42. The SMILES string of the molecule is CC1=NN(CC(N)=O)CC1(C)c1ccc2c(c1)OCCn1cc(-c3nc(C)nn3C(C)C)nc1-2. The number of benzene rings is 1. The predicted molar refractivity (Wildman–Crippen MR) is 129 cm³/mol. The Morgan fingerprint density at radius 2 is 2.03 bits per heavy atom. The van der Waals surface area contributed by atoms with E-state index in [-0.39, 0.29) is 18.0 Å². The van der Waals surface area contributed by atoms with Gasteiger partial charge in [0.15, 0.2) is 5.82 Å². The fourth-order valence-electron chi connectivity index (χ4n) is 4.71. The number of carbonyl (C=O) groups is 1. The first-order chi connectivity index (χ1) is 16.2. The van der Waals surface area contributed by atoms with E-state index in [4.69, 9.17) is 15.5 Å². The van der Waals surface area contributed by atoms with E-state index in [1.54, 1.807) is 5.01 Å². The number of hydrogen-bond donors (Lipinski definition) is 1. The number of nitrogens with zero attached hydrogens (tertiary/aromatic N) is 7. The van der Waals surface area contributed by atoms with Crippen molar-refractivity contribution in [3.8, 4) is 28.7 Å². The van der Waals surface area contributed by atoms with Gasteiger partial charge in [0.25, 0.3) is 0 Å². The maximum Gasteiger partial charge on any atom is 0.238 e. The van der Waals surface area contributed by atoms with Gasteiger partial charge >= 0.3 is 0 Å². The minimum Gasteiger partial charge on any atom is -0.491 e. The fourth-order valence-corrected chi connectivity index (χ4v) is 4.71. The van der Waals surface area contributed by atoms with Gasteiger partial charge in [-0.3, -0.25) is 9.80 Å². The number of rotatable bonds is 5. The maximum atomic E-state index is 11.4. The van der Waals surface area contributed by atoms with Gasteiger partial charge in [0.1, 0.15) is 36.2 Å². The highest BCUT2D eigenvalue weighted by molar-refractivity contribution is 5.94. The number of aromatic nitrogens is 5. The molecule has 0 fully saturated rings. The zero-order valence-corrected chi connectivity index (χ0v) is 20.2. The van der Waals surface area contributed by atoms with Crippen LogP contribution in [0.1, 0.15) is 45.1 Å². The number of fused-ring (bicyclic) bond motifs is 3. The number of hydrazone groups is 1. The Morgan fingerprint density at radius 3 is 2.76 bits per heavy atom. The van der Waals surface area contributed by atoms with Crippen molar-refractivity contribution >= 4 is 11.6 Å². The number of primary amides is 1. The molecule has 0 radical (unpaired) electrons. The van der Waals surface area contributed by atoms with Gasteiger partial charge in [0.2, 0.25) is 5.91 Å². The molecule has 178 valence electrons. The molecule has 5 rings (SSSR count). The van der Waals surface area contributed by atoms with Gasteiger partial charge in [-0.25, -0.2) is 14.6 Å². The molecule has 2 aromatic heterocycles. The molecule has 10 nitrogen and oxygen atoms in total. The van der Waals surface area contributed by atoms with Crippen molar-refractivity contribution in [2.24, 2.45) is 10.8 Å². The molecule has 1 atom stereocenters. The second-order valence-electron chi connectivity index (χ2n) is 9.53. The van der Waals surface area contributed by atoms with Crippen molar-refractivity contribution in [2.75, 3.05) is 19.7 Å². The summed E-state index contributed by atoms with van der Waals surface area (Å²) in [6.45, 7) is 12.1. The monoisotopic (exact) mass is 462 g/mol. The third kappa shape index (κ3) is 3.63. The molecule has 0 aliphatic carbocycles. The third-order valence-electron chi connectivity index (χ3n) is 6.61. The van der Waals surface area contributed by atoms with Gasteiger partial charge in [-0.15, -0.1) is 0 Å². The number of carbonyl (C=O) groups excluding carboxylic acids is 1. The van der Waals surface area contributed by atoms with Crippen molar-refractivity contribution in [2.45, 2.75) is 52.6 Å². The number of ether oxygens (including phenoxy) is 1. The second kappa shape index (κ2) is 7.96. The van der Waals surface area contributed by atoms with Gasteiger partial charge in [0, 0.05) is 18.0 Å². The van der Waals surface area contributed by atoms with E-state index in [1.807, 2.05) is 24.7 Å². The number of hydrogen-bond acceptors (Lipinski definition) is 7. The van der Waals surface area contributed by atoms with E-state index >= 15 is 0 Å². The zero-order chi connectivity index (χ0) is 24.2. The Hall–Kier alpha value is -3.69. The molecule has 4 heterocycles. The van der Waals surface area contributed by atoms with Crippen molar-refractivity contribution in [1.82, 2.24) is 29.3 Å². The van der Waals surface area contributed by atoms with Crippen LogP contribution in [0.25, 0.3) is 22.9 Å². The normalized spacial score (nSPS) is 19.5. The summed E-state index contributed by atoms with van der Waals surface area (Å²) in [6.07, 6.45) is 2.03. The Labute approximate surface area is 198 Å². The Balaban J connectivity index is 1.52. The molecule has 0 saturated carbocycles. The average Bonchev–Trinajstić information content (AvgIpc) is 3.40. The minimum absolute atomic E-state index is 0.106. The lowest BCUT2D eigenvalue weighted by molar-refractivity contribution is -0.119. The topological polar surface area (TPSA) is 116 Å². The first kappa shape index (κ1) is 22.1. The minimum atomic E-state index is -0.391. The van der Waals surface area contributed by atoms with E-state index in [0.29, 0.717) is 19.7 Å². The molecule has 3 aromatic rings. The molecule has 0 spiro atoms. The van der Waals surface area contributed by atoms with Gasteiger partial charge in [-0.05, 0) is 52.3 Å². The van der Waals surface area contributed by atoms with Gasteiger partial charge in [-0.1, -0.05) is 6.07 Å². The van der Waals surface area contributed by atoms with Crippen molar-refractivity contribution < 1.29 is 9.53 Å². The molecule has 10 heteroatoms. The number of nitrogens with two attached hydrogens (primary N) is 1. The first-order valence-corrected chi connectivity index (χ1v) is 11.5. The summed E-state index contributed by atoms with van der Waals surface area (Å²) in [5.41, 5.74) is 8.79. The molecular weight excluding hydrogens is 432 g/mol. The zero-order valence-electron chi connectivity index (χ0n) is 20.2. The molecular formula is C24H30N8O2. The van der Waals surface area contributed by atoms with Gasteiger partial charge < -0.3 is 15.0 Å².